The number of anilines is 2. The molecular formula is C17H21N5O. The van der Waals surface area contributed by atoms with Crippen molar-refractivity contribution in [2.24, 2.45) is 0 Å². The van der Waals surface area contributed by atoms with Crippen molar-refractivity contribution >= 4 is 17.7 Å². The smallest absolute Gasteiger partial charge is 0.253 e. The van der Waals surface area contributed by atoms with Gasteiger partial charge in [-0.3, -0.25) is 4.79 Å². The van der Waals surface area contributed by atoms with E-state index in [4.69, 9.17) is 0 Å². The first-order chi connectivity index (χ1) is 11.1. The molecular weight excluding hydrogens is 290 g/mol. The lowest BCUT2D eigenvalue weighted by molar-refractivity contribution is 0.0746. The standard InChI is InChI=1S/C17H21N5O/c1-20(2)15-8-9-18-17(19-15)22-12-10-21(11-13-22)16(23)14-6-4-3-5-7-14/h3-9H,10-13H2,1-2H3. The minimum atomic E-state index is 0.0909. The van der Waals surface area contributed by atoms with Crippen LogP contribution in [0.4, 0.5) is 11.8 Å². The minimum Gasteiger partial charge on any atom is -0.363 e. The van der Waals surface area contributed by atoms with Crippen LogP contribution in [0.25, 0.3) is 0 Å². The van der Waals surface area contributed by atoms with Gasteiger partial charge in [-0.1, -0.05) is 18.2 Å². The van der Waals surface area contributed by atoms with Crippen molar-refractivity contribution < 1.29 is 4.79 Å². The number of carbonyl (C=O) groups is 1. The Kier molecular flexibility index (Phi) is 4.41. The number of hydrogen-bond donors (Lipinski definition) is 0. The molecule has 6 nitrogen and oxygen atoms in total. The number of amides is 1. The molecule has 0 atom stereocenters. The average molecular weight is 311 g/mol. The van der Waals surface area contributed by atoms with Crippen LogP contribution in [0, 0.1) is 0 Å². The molecule has 2 aromatic rings. The molecule has 6 heteroatoms. The fourth-order valence-electron chi connectivity index (χ4n) is 2.61. The Hall–Kier alpha value is -2.63. The Morgan fingerprint density at radius 3 is 2.39 bits per heavy atom. The topological polar surface area (TPSA) is 52.6 Å². The van der Waals surface area contributed by atoms with E-state index < -0.39 is 0 Å². The zero-order valence-corrected chi connectivity index (χ0v) is 13.5. The number of rotatable bonds is 3. The highest BCUT2D eigenvalue weighted by atomic mass is 16.2. The van der Waals surface area contributed by atoms with E-state index in [9.17, 15) is 4.79 Å². The van der Waals surface area contributed by atoms with Crippen LogP contribution in [0.5, 0.6) is 0 Å². The molecule has 0 aliphatic carbocycles. The van der Waals surface area contributed by atoms with Gasteiger partial charge in [0.25, 0.3) is 5.91 Å². The maximum atomic E-state index is 12.5. The number of piperazine rings is 1. The molecule has 1 aliphatic rings. The molecule has 1 aromatic heterocycles. The SMILES string of the molecule is CN(C)c1ccnc(N2CCN(C(=O)c3ccccc3)CC2)n1. The van der Waals surface area contributed by atoms with Gasteiger partial charge in [0.2, 0.25) is 5.95 Å². The largest absolute Gasteiger partial charge is 0.363 e. The summed E-state index contributed by atoms with van der Waals surface area (Å²) in [5, 5.41) is 0. The second-order valence-electron chi connectivity index (χ2n) is 5.75. The van der Waals surface area contributed by atoms with E-state index in [1.54, 1.807) is 6.20 Å². The number of hydrogen-bond acceptors (Lipinski definition) is 5. The highest BCUT2D eigenvalue weighted by Crippen LogP contribution is 2.16. The third-order valence-electron chi connectivity index (χ3n) is 3.96. The Morgan fingerprint density at radius 2 is 1.74 bits per heavy atom. The summed E-state index contributed by atoms with van der Waals surface area (Å²) in [4.78, 5) is 27.4. The van der Waals surface area contributed by atoms with Gasteiger partial charge in [-0.15, -0.1) is 0 Å². The highest BCUT2D eigenvalue weighted by Gasteiger charge is 2.23. The highest BCUT2D eigenvalue weighted by molar-refractivity contribution is 5.94. The van der Waals surface area contributed by atoms with E-state index in [2.05, 4.69) is 14.9 Å². The molecule has 2 heterocycles. The van der Waals surface area contributed by atoms with Gasteiger partial charge in [0.05, 0.1) is 0 Å². The van der Waals surface area contributed by atoms with E-state index in [1.807, 2.05) is 60.3 Å². The number of nitrogens with zero attached hydrogens (tertiary/aromatic N) is 5. The average Bonchev–Trinajstić information content (AvgIpc) is 2.62. The fourth-order valence-corrected chi connectivity index (χ4v) is 2.61. The number of benzene rings is 1. The monoisotopic (exact) mass is 311 g/mol. The van der Waals surface area contributed by atoms with E-state index in [-0.39, 0.29) is 5.91 Å². The zero-order valence-electron chi connectivity index (χ0n) is 13.5. The van der Waals surface area contributed by atoms with Crippen molar-refractivity contribution in [2.75, 3.05) is 50.1 Å². The normalized spacial score (nSPS) is 14.7. The van der Waals surface area contributed by atoms with Gasteiger partial charge in [0.1, 0.15) is 5.82 Å². The van der Waals surface area contributed by atoms with Crippen LogP contribution >= 0.6 is 0 Å². The Labute approximate surface area is 136 Å². The molecule has 0 saturated carbocycles. The first-order valence-corrected chi connectivity index (χ1v) is 7.75. The molecule has 0 N–H and O–H groups in total. The van der Waals surface area contributed by atoms with E-state index >= 15 is 0 Å². The second kappa shape index (κ2) is 6.64. The molecule has 0 spiro atoms. The summed E-state index contributed by atoms with van der Waals surface area (Å²) >= 11 is 0. The molecule has 0 bridgehead atoms. The van der Waals surface area contributed by atoms with E-state index in [0.29, 0.717) is 13.1 Å². The molecule has 1 fully saturated rings. The van der Waals surface area contributed by atoms with Gasteiger partial charge in [-0.05, 0) is 18.2 Å². The Balaban J connectivity index is 1.64. The Bertz CT molecular complexity index is 666. The Morgan fingerprint density at radius 1 is 1.04 bits per heavy atom. The molecule has 1 amide bonds. The molecule has 0 unspecified atom stereocenters. The van der Waals surface area contributed by atoms with Gasteiger partial charge in [0, 0.05) is 52.0 Å². The van der Waals surface area contributed by atoms with Crippen molar-refractivity contribution in [3.8, 4) is 0 Å². The summed E-state index contributed by atoms with van der Waals surface area (Å²) in [5.74, 6) is 1.70. The van der Waals surface area contributed by atoms with Crippen LogP contribution in [0.2, 0.25) is 0 Å². The van der Waals surface area contributed by atoms with Gasteiger partial charge in [0.15, 0.2) is 0 Å². The van der Waals surface area contributed by atoms with E-state index in [1.165, 1.54) is 0 Å². The zero-order chi connectivity index (χ0) is 16.2. The quantitative estimate of drug-likeness (QED) is 0.860. The lowest BCUT2D eigenvalue weighted by Crippen LogP contribution is -2.49. The van der Waals surface area contributed by atoms with Gasteiger partial charge in [-0.2, -0.15) is 4.98 Å². The third kappa shape index (κ3) is 3.41. The lowest BCUT2D eigenvalue weighted by Gasteiger charge is -2.35. The van der Waals surface area contributed by atoms with Crippen LogP contribution in [0.15, 0.2) is 42.6 Å². The lowest BCUT2D eigenvalue weighted by atomic mass is 10.2. The van der Waals surface area contributed by atoms with Crippen molar-refractivity contribution in [3.05, 3.63) is 48.2 Å². The molecule has 1 aliphatic heterocycles. The second-order valence-corrected chi connectivity index (χ2v) is 5.75. The molecule has 0 radical (unpaired) electrons. The number of aromatic nitrogens is 2. The minimum absolute atomic E-state index is 0.0909. The summed E-state index contributed by atoms with van der Waals surface area (Å²) in [7, 11) is 3.92. The van der Waals surface area contributed by atoms with Crippen molar-refractivity contribution in [1.29, 1.82) is 0 Å². The number of carbonyl (C=O) groups excluding carboxylic acids is 1. The molecule has 23 heavy (non-hydrogen) atoms. The molecule has 120 valence electrons. The van der Waals surface area contributed by atoms with Gasteiger partial charge >= 0.3 is 0 Å². The third-order valence-corrected chi connectivity index (χ3v) is 3.96. The maximum absolute atomic E-state index is 12.5. The van der Waals surface area contributed by atoms with Gasteiger partial charge in [-0.25, -0.2) is 4.98 Å². The van der Waals surface area contributed by atoms with Crippen molar-refractivity contribution in [2.45, 2.75) is 0 Å². The summed E-state index contributed by atoms with van der Waals surface area (Å²) in [6, 6.07) is 11.3. The molecule has 1 aromatic carbocycles. The fraction of sp³-hybridized carbons (Fsp3) is 0.353. The molecule has 1 saturated heterocycles. The predicted octanol–water partition coefficient (Wildman–Crippen LogP) is 1.51. The summed E-state index contributed by atoms with van der Waals surface area (Å²) in [5.41, 5.74) is 0.742. The van der Waals surface area contributed by atoms with Crippen LogP contribution in [0.1, 0.15) is 10.4 Å². The van der Waals surface area contributed by atoms with E-state index in [0.717, 1.165) is 30.4 Å². The van der Waals surface area contributed by atoms with Crippen LogP contribution < -0.4 is 9.80 Å². The first kappa shape index (κ1) is 15.3. The van der Waals surface area contributed by atoms with Crippen molar-refractivity contribution in [1.82, 2.24) is 14.9 Å². The van der Waals surface area contributed by atoms with Crippen LogP contribution in [0.3, 0.4) is 0 Å². The summed E-state index contributed by atoms with van der Waals surface area (Å²) in [6.07, 6.45) is 1.78. The summed E-state index contributed by atoms with van der Waals surface area (Å²) < 4.78 is 0. The van der Waals surface area contributed by atoms with Gasteiger partial charge < -0.3 is 14.7 Å². The van der Waals surface area contributed by atoms with Crippen molar-refractivity contribution in [3.63, 3.8) is 0 Å². The summed E-state index contributed by atoms with van der Waals surface area (Å²) in [6.45, 7) is 2.86. The van der Waals surface area contributed by atoms with Crippen LogP contribution in [-0.2, 0) is 0 Å². The van der Waals surface area contributed by atoms with Crippen LogP contribution in [-0.4, -0.2) is 61.0 Å². The first-order valence-electron chi connectivity index (χ1n) is 7.75. The maximum Gasteiger partial charge on any atom is 0.253 e. The molecule has 3 rings (SSSR count). The predicted molar refractivity (Wildman–Crippen MR) is 90.9 cm³/mol.